The Morgan fingerprint density at radius 1 is 1.40 bits per heavy atom. The quantitative estimate of drug-likeness (QED) is 0.820. The first-order valence-electron chi connectivity index (χ1n) is 4.33. The van der Waals surface area contributed by atoms with Crippen molar-refractivity contribution >= 4 is 5.91 Å². The van der Waals surface area contributed by atoms with E-state index in [0.29, 0.717) is 5.56 Å². The van der Waals surface area contributed by atoms with Gasteiger partial charge in [0.2, 0.25) is 5.91 Å². The second kappa shape index (κ2) is 5.41. The van der Waals surface area contributed by atoms with Crippen molar-refractivity contribution in [3.63, 3.8) is 0 Å². The van der Waals surface area contributed by atoms with Gasteiger partial charge in [-0.25, -0.2) is 8.78 Å². The number of amides is 1. The third-order valence-electron chi connectivity index (χ3n) is 1.75. The van der Waals surface area contributed by atoms with Gasteiger partial charge in [-0.05, 0) is 17.7 Å². The van der Waals surface area contributed by atoms with E-state index in [1.165, 1.54) is 13.2 Å². The fraction of sp³-hybridized carbons (Fsp3) is 0.300. The Bertz CT molecular complexity index is 355. The van der Waals surface area contributed by atoms with Crippen molar-refractivity contribution in [3.05, 3.63) is 35.4 Å². The lowest BCUT2D eigenvalue weighted by Gasteiger charge is -2.04. The van der Waals surface area contributed by atoms with Gasteiger partial charge >= 0.3 is 0 Å². The SMILES string of the molecule is COCC(=O)NCc1ccc(F)c(F)c1. The lowest BCUT2D eigenvalue weighted by molar-refractivity contribution is -0.124. The topological polar surface area (TPSA) is 38.3 Å². The molecule has 15 heavy (non-hydrogen) atoms. The highest BCUT2D eigenvalue weighted by Crippen LogP contribution is 2.08. The van der Waals surface area contributed by atoms with E-state index < -0.39 is 11.6 Å². The van der Waals surface area contributed by atoms with Crippen LogP contribution in [-0.2, 0) is 16.1 Å². The van der Waals surface area contributed by atoms with Crippen LogP contribution in [0.4, 0.5) is 8.78 Å². The molecule has 0 radical (unpaired) electrons. The van der Waals surface area contributed by atoms with Crippen molar-refractivity contribution in [2.75, 3.05) is 13.7 Å². The van der Waals surface area contributed by atoms with Crippen molar-refractivity contribution < 1.29 is 18.3 Å². The molecule has 0 bridgehead atoms. The summed E-state index contributed by atoms with van der Waals surface area (Å²) in [5.74, 6) is -2.13. The summed E-state index contributed by atoms with van der Waals surface area (Å²) in [6.07, 6.45) is 0. The predicted molar refractivity (Wildman–Crippen MR) is 50.1 cm³/mol. The minimum absolute atomic E-state index is 0.0519. The summed E-state index contributed by atoms with van der Waals surface area (Å²) in [7, 11) is 1.40. The Balaban J connectivity index is 2.51. The van der Waals surface area contributed by atoms with E-state index in [9.17, 15) is 13.6 Å². The van der Waals surface area contributed by atoms with Crippen LogP contribution in [0.5, 0.6) is 0 Å². The summed E-state index contributed by atoms with van der Waals surface area (Å²) in [5.41, 5.74) is 0.498. The first kappa shape index (κ1) is 11.6. The van der Waals surface area contributed by atoms with E-state index in [1.807, 2.05) is 0 Å². The van der Waals surface area contributed by atoms with Gasteiger partial charge in [-0.2, -0.15) is 0 Å². The van der Waals surface area contributed by atoms with Crippen LogP contribution >= 0.6 is 0 Å². The van der Waals surface area contributed by atoms with E-state index >= 15 is 0 Å². The van der Waals surface area contributed by atoms with Gasteiger partial charge in [-0.3, -0.25) is 4.79 Å². The molecule has 1 aromatic rings. The highest BCUT2D eigenvalue weighted by Gasteiger charge is 2.04. The minimum Gasteiger partial charge on any atom is -0.375 e. The van der Waals surface area contributed by atoms with Crippen LogP contribution in [0.3, 0.4) is 0 Å². The van der Waals surface area contributed by atoms with Crippen LogP contribution in [0, 0.1) is 11.6 Å². The molecule has 0 heterocycles. The van der Waals surface area contributed by atoms with Gasteiger partial charge in [0.15, 0.2) is 11.6 Å². The highest BCUT2D eigenvalue weighted by atomic mass is 19.2. The zero-order chi connectivity index (χ0) is 11.3. The summed E-state index contributed by atoms with van der Waals surface area (Å²) in [6.45, 7) is 0.100. The van der Waals surface area contributed by atoms with Crippen LogP contribution in [0.1, 0.15) is 5.56 Å². The molecule has 3 nitrogen and oxygen atoms in total. The second-order valence-electron chi connectivity index (χ2n) is 2.96. The fourth-order valence-corrected chi connectivity index (χ4v) is 1.03. The Kier molecular flexibility index (Phi) is 4.17. The molecule has 5 heteroatoms. The monoisotopic (exact) mass is 215 g/mol. The Morgan fingerprint density at radius 3 is 2.73 bits per heavy atom. The van der Waals surface area contributed by atoms with Crippen LogP contribution in [0.25, 0.3) is 0 Å². The summed E-state index contributed by atoms with van der Waals surface area (Å²) in [6, 6.07) is 3.47. The number of hydrogen-bond donors (Lipinski definition) is 1. The van der Waals surface area contributed by atoms with Gasteiger partial charge in [-0.1, -0.05) is 6.07 Å². The molecule has 0 aliphatic rings. The number of methoxy groups -OCH3 is 1. The Morgan fingerprint density at radius 2 is 2.13 bits per heavy atom. The molecule has 0 aromatic heterocycles. The van der Waals surface area contributed by atoms with Crippen LogP contribution < -0.4 is 5.32 Å². The standard InChI is InChI=1S/C10H11F2NO2/c1-15-6-10(14)13-5-7-2-3-8(11)9(12)4-7/h2-4H,5-6H2,1H3,(H,13,14). The average molecular weight is 215 g/mol. The molecule has 0 saturated carbocycles. The number of halogens is 2. The number of nitrogens with one attached hydrogen (secondary N) is 1. The van der Waals surface area contributed by atoms with Gasteiger partial charge in [-0.15, -0.1) is 0 Å². The summed E-state index contributed by atoms with van der Waals surface area (Å²) in [4.78, 5) is 11.0. The van der Waals surface area contributed by atoms with Crippen LogP contribution in [0.15, 0.2) is 18.2 Å². The smallest absolute Gasteiger partial charge is 0.246 e. The fourth-order valence-electron chi connectivity index (χ4n) is 1.03. The lowest BCUT2D eigenvalue weighted by atomic mass is 10.2. The van der Waals surface area contributed by atoms with E-state index in [0.717, 1.165) is 12.1 Å². The van der Waals surface area contributed by atoms with Crippen molar-refractivity contribution in [2.24, 2.45) is 0 Å². The van der Waals surface area contributed by atoms with Gasteiger partial charge in [0.05, 0.1) is 0 Å². The minimum atomic E-state index is -0.923. The van der Waals surface area contributed by atoms with Crippen molar-refractivity contribution in [3.8, 4) is 0 Å². The summed E-state index contributed by atoms with van der Waals surface area (Å²) >= 11 is 0. The van der Waals surface area contributed by atoms with Crippen molar-refractivity contribution in [1.82, 2.24) is 5.32 Å². The van der Waals surface area contributed by atoms with Crippen molar-refractivity contribution in [1.29, 1.82) is 0 Å². The normalized spacial score (nSPS) is 10.1. The van der Waals surface area contributed by atoms with E-state index in [2.05, 4.69) is 10.1 Å². The average Bonchev–Trinajstić information content (AvgIpc) is 2.20. The molecule has 82 valence electrons. The first-order valence-corrected chi connectivity index (χ1v) is 4.33. The molecule has 0 fully saturated rings. The predicted octanol–water partition coefficient (Wildman–Crippen LogP) is 1.23. The van der Waals surface area contributed by atoms with E-state index in [4.69, 9.17) is 0 Å². The number of carbonyl (C=O) groups is 1. The molecular formula is C10H11F2NO2. The maximum absolute atomic E-state index is 12.7. The Hall–Kier alpha value is -1.49. The Labute approximate surface area is 86.0 Å². The van der Waals surface area contributed by atoms with E-state index in [1.54, 1.807) is 0 Å². The number of hydrogen-bond acceptors (Lipinski definition) is 2. The van der Waals surface area contributed by atoms with Gasteiger partial charge in [0.25, 0.3) is 0 Å². The summed E-state index contributed by atoms with van der Waals surface area (Å²) < 4.78 is 29.9. The zero-order valence-corrected chi connectivity index (χ0v) is 8.22. The molecule has 1 rings (SSSR count). The molecule has 1 amide bonds. The van der Waals surface area contributed by atoms with Gasteiger partial charge in [0.1, 0.15) is 6.61 Å². The third kappa shape index (κ3) is 3.63. The molecule has 1 N–H and O–H groups in total. The highest BCUT2D eigenvalue weighted by molar-refractivity contribution is 5.77. The number of rotatable bonds is 4. The van der Waals surface area contributed by atoms with Crippen LogP contribution in [-0.4, -0.2) is 19.6 Å². The largest absolute Gasteiger partial charge is 0.375 e. The van der Waals surface area contributed by atoms with Crippen LogP contribution in [0.2, 0.25) is 0 Å². The van der Waals surface area contributed by atoms with Gasteiger partial charge in [0, 0.05) is 13.7 Å². The molecule has 0 atom stereocenters. The summed E-state index contributed by atoms with van der Waals surface area (Å²) in [5, 5.41) is 2.49. The molecule has 0 saturated heterocycles. The lowest BCUT2D eigenvalue weighted by Crippen LogP contribution is -2.26. The maximum atomic E-state index is 12.7. The molecule has 1 aromatic carbocycles. The number of ether oxygens (including phenoxy) is 1. The first-order chi connectivity index (χ1) is 7.13. The molecule has 0 aliphatic heterocycles. The third-order valence-corrected chi connectivity index (χ3v) is 1.75. The molecule has 0 unspecified atom stereocenters. The van der Waals surface area contributed by atoms with Gasteiger partial charge < -0.3 is 10.1 Å². The maximum Gasteiger partial charge on any atom is 0.246 e. The molecular weight excluding hydrogens is 204 g/mol. The van der Waals surface area contributed by atoms with Crippen molar-refractivity contribution in [2.45, 2.75) is 6.54 Å². The number of carbonyl (C=O) groups excluding carboxylic acids is 1. The number of benzene rings is 1. The second-order valence-corrected chi connectivity index (χ2v) is 2.96. The molecule has 0 spiro atoms. The zero-order valence-electron chi connectivity index (χ0n) is 8.22. The molecule has 0 aliphatic carbocycles. The van der Waals surface area contributed by atoms with E-state index in [-0.39, 0.29) is 19.1 Å².